The Morgan fingerprint density at radius 3 is 2.18 bits per heavy atom. The van der Waals surface area contributed by atoms with Gasteiger partial charge in [0, 0.05) is 29.1 Å². The van der Waals surface area contributed by atoms with E-state index in [9.17, 15) is 17.6 Å². The average molecular weight is 462 g/mol. The molecule has 0 spiro atoms. The second-order valence-electron chi connectivity index (χ2n) is 8.11. The number of benzene rings is 2. The zero-order valence-corrected chi connectivity index (χ0v) is 19.0. The van der Waals surface area contributed by atoms with Crippen molar-refractivity contribution in [2.24, 2.45) is 0 Å². The molecule has 33 heavy (non-hydrogen) atoms. The Bertz CT molecular complexity index is 1120. The number of methoxy groups -OCH3 is 2. The largest absolute Gasteiger partial charge is 0.496 e. The third kappa shape index (κ3) is 5.38. The van der Waals surface area contributed by atoms with Crippen LogP contribution in [0, 0.1) is 0 Å². The lowest BCUT2D eigenvalue weighted by Crippen LogP contribution is -2.13. The maximum absolute atomic E-state index is 14.6. The summed E-state index contributed by atoms with van der Waals surface area (Å²) in [6.07, 6.45) is -3.23. The molecular formula is C25H26F4N2O2. The highest BCUT2D eigenvalue weighted by molar-refractivity contribution is 5.71. The molecule has 1 heterocycles. The SMILES string of the molecule is COc1cc(C(C)Nc2ccc(OC)c(C(C)(C)F)c2)ccc1-c1ncccc1C(F)(F)F. The monoisotopic (exact) mass is 462 g/mol. The van der Waals surface area contributed by atoms with E-state index in [2.05, 4.69) is 10.3 Å². The highest BCUT2D eigenvalue weighted by Gasteiger charge is 2.35. The van der Waals surface area contributed by atoms with Crippen LogP contribution in [0.15, 0.2) is 54.7 Å². The van der Waals surface area contributed by atoms with Gasteiger partial charge in [-0.3, -0.25) is 4.98 Å². The second kappa shape index (κ2) is 9.29. The summed E-state index contributed by atoms with van der Waals surface area (Å²) in [5.41, 5.74) is -0.526. The molecule has 0 saturated heterocycles. The van der Waals surface area contributed by atoms with Crippen LogP contribution in [0.2, 0.25) is 0 Å². The van der Waals surface area contributed by atoms with Gasteiger partial charge in [-0.05, 0) is 68.8 Å². The smallest absolute Gasteiger partial charge is 0.418 e. The van der Waals surface area contributed by atoms with Gasteiger partial charge in [0.05, 0.1) is 25.5 Å². The van der Waals surface area contributed by atoms with Gasteiger partial charge in [-0.15, -0.1) is 0 Å². The van der Waals surface area contributed by atoms with Crippen LogP contribution in [0.3, 0.4) is 0 Å². The molecule has 0 aliphatic carbocycles. The number of hydrogen-bond donors (Lipinski definition) is 1. The van der Waals surface area contributed by atoms with E-state index in [1.54, 1.807) is 36.4 Å². The molecule has 3 rings (SSSR count). The van der Waals surface area contributed by atoms with Crippen LogP contribution >= 0.6 is 0 Å². The third-order valence-corrected chi connectivity index (χ3v) is 5.32. The van der Waals surface area contributed by atoms with E-state index in [4.69, 9.17) is 9.47 Å². The van der Waals surface area contributed by atoms with Crippen LogP contribution in [-0.4, -0.2) is 19.2 Å². The molecule has 0 aliphatic heterocycles. The molecule has 0 saturated carbocycles. The summed E-state index contributed by atoms with van der Waals surface area (Å²) in [5, 5.41) is 3.29. The molecule has 1 aromatic heterocycles. The number of aromatic nitrogens is 1. The minimum atomic E-state index is -4.54. The van der Waals surface area contributed by atoms with E-state index >= 15 is 0 Å². The minimum Gasteiger partial charge on any atom is -0.496 e. The van der Waals surface area contributed by atoms with Gasteiger partial charge in [-0.25, -0.2) is 4.39 Å². The first kappa shape index (κ1) is 24.4. The first-order chi connectivity index (χ1) is 15.5. The molecule has 0 bridgehead atoms. The molecule has 4 nitrogen and oxygen atoms in total. The average Bonchev–Trinajstić information content (AvgIpc) is 2.77. The lowest BCUT2D eigenvalue weighted by Gasteiger charge is -2.22. The van der Waals surface area contributed by atoms with E-state index in [1.807, 2.05) is 6.92 Å². The number of nitrogens with one attached hydrogen (secondary N) is 1. The van der Waals surface area contributed by atoms with Crippen LogP contribution in [-0.2, 0) is 11.8 Å². The van der Waals surface area contributed by atoms with Gasteiger partial charge < -0.3 is 14.8 Å². The maximum atomic E-state index is 14.6. The fourth-order valence-electron chi connectivity index (χ4n) is 3.62. The van der Waals surface area contributed by atoms with Crippen molar-refractivity contribution >= 4 is 5.69 Å². The molecule has 176 valence electrons. The Hall–Kier alpha value is -3.29. The lowest BCUT2D eigenvalue weighted by molar-refractivity contribution is -0.137. The molecule has 0 aliphatic rings. The van der Waals surface area contributed by atoms with Crippen LogP contribution in [0.25, 0.3) is 11.3 Å². The summed E-state index contributed by atoms with van der Waals surface area (Å²) in [6, 6.07) is 12.1. The Morgan fingerprint density at radius 2 is 1.58 bits per heavy atom. The van der Waals surface area contributed by atoms with Crippen molar-refractivity contribution in [2.75, 3.05) is 19.5 Å². The summed E-state index contributed by atoms with van der Waals surface area (Å²) in [5.74, 6) is 0.716. The van der Waals surface area contributed by atoms with Crippen molar-refractivity contribution in [1.82, 2.24) is 4.98 Å². The molecule has 1 N–H and O–H groups in total. The number of nitrogens with zero attached hydrogens (tertiary/aromatic N) is 1. The van der Waals surface area contributed by atoms with Gasteiger partial charge in [0.2, 0.25) is 0 Å². The van der Waals surface area contributed by atoms with Gasteiger partial charge in [-0.2, -0.15) is 13.2 Å². The number of rotatable bonds is 7. The van der Waals surface area contributed by atoms with Crippen molar-refractivity contribution in [3.63, 3.8) is 0 Å². The molecule has 8 heteroatoms. The van der Waals surface area contributed by atoms with Crippen LogP contribution in [0.5, 0.6) is 11.5 Å². The molecule has 2 aromatic carbocycles. The van der Waals surface area contributed by atoms with E-state index in [0.717, 1.165) is 11.6 Å². The number of alkyl halides is 4. The maximum Gasteiger partial charge on any atom is 0.418 e. The number of hydrogen-bond acceptors (Lipinski definition) is 4. The first-order valence-electron chi connectivity index (χ1n) is 10.3. The topological polar surface area (TPSA) is 43.4 Å². The number of anilines is 1. The van der Waals surface area contributed by atoms with Gasteiger partial charge in [-0.1, -0.05) is 6.07 Å². The molecule has 0 amide bonds. The van der Waals surface area contributed by atoms with E-state index in [1.165, 1.54) is 40.3 Å². The number of halogens is 4. The molecule has 1 atom stereocenters. The number of ether oxygens (including phenoxy) is 2. The summed E-state index contributed by atoms with van der Waals surface area (Å²) >= 11 is 0. The Balaban J connectivity index is 1.94. The quantitative estimate of drug-likeness (QED) is 0.378. The van der Waals surface area contributed by atoms with E-state index in [0.29, 0.717) is 17.0 Å². The van der Waals surface area contributed by atoms with E-state index < -0.39 is 17.4 Å². The van der Waals surface area contributed by atoms with Crippen molar-refractivity contribution in [2.45, 2.75) is 38.7 Å². The summed E-state index contributed by atoms with van der Waals surface area (Å²) in [6.45, 7) is 4.80. The van der Waals surface area contributed by atoms with Gasteiger partial charge in [0.25, 0.3) is 0 Å². The normalized spacial score (nSPS) is 12.9. The highest BCUT2D eigenvalue weighted by atomic mass is 19.4. The Kier molecular flexibility index (Phi) is 6.86. The van der Waals surface area contributed by atoms with Gasteiger partial charge >= 0.3 is 6.18 Å². The van der Waals surface area contributed by atoms with Gasteiger partial charge in [0.1, 0.15) is 17.2 Å². The minimum absolute atomic E-state index is 0.195. The molecule has 0 radical (unpaired) electrons. The Morgan fingerprint density at radius 1 is 0.879 bits per heavy atom. The van der Waals surface area contributed by atoms with Crippen molar-refractivity contribution < 1.29 is 27.0 Å². The van der Waals surface area contributed by atoms with Crippen molar-refractivity contribution in [3.8, 4) is 22.8 Å². The predicted molar refractivity (Wildman–Crippen MR) is 120 cm³/mol. The van der Waals surface area contributed by atoms with Gasteiger partial charge in [0.15, 0.2) is 0 Å². The van der Waals surface area contributed by atoms with Crippen LogP contribution < -0.4 is 14.8 Å². The fourth-order valence-corrected chi connectivity index (χ4v) is 3.62. The van der Waals surface area contributed by atoms with Crippen molar-refractivity contribution in [3.05, 3.63) is 71.4 Å². The van der Waals surface area contributed by atoms with Crippen LogP contribution in [0.4, 0.5) is 23.2 Å². The summed E-state index contributed by atoms with van der Waals surface area (Å²) in [7, 11) is 2.88. The van der Waals surface area contributed by atoms with Crippen LogP contribution in [0.1, 0.15) is 43.5 Å². The fraction of sp³-hybridized carbons (Fsp3) is 0.320. The zero-order chi connectivity index (χ0) is 24.4. The van der Waals surface area contributed by atoms with Crippen molar-refractivity contribution in [1.29, 1.82) is 0 Å². The zero-order valence-electron chi connectivity index (χ0n) is 19.0. The molecule has 3 aromatic rings. The second-order valence-corrected chi connectivity index (χ2v) is 8.11. The molecule has 0 fully saturated rings. The standard InChI is InChI=1S/C25H26F4N2O2/c1-15(31-17-9-11-21(32-4)20(14-17)24(2,3)26)16-8-10-18(22(13-16)33-5)23-19(25(27,28)29)7-6-12-30-23/h6-15,31H,1-5H3. The molecular weight excluding hydrogens is 436 g/mol. The summed E-state index contributed by atoms with van der Waals surface area (Å²) in [4.78, 5) is 3.95. The number of pyridine rings is 1. The first-order valence-corrected chi connectivity index (χ1v) is 10.3. The Labute approximate surface area is 190 Å². The predicted octanol–water partition coefficient (Wildman–Crippen LogP) is 7.16. The van der Waals surface area contributed by atoms with E-state index in [-0.39, 0.29) is 23.0 Å². The third-order valence-electron chi connectivity index (χ3n) is 5.32. The molecule has 1 unspecified atom stereocenters. The summed E-state index contributed by atoms with van der Waals surface area (Å²) < 4.78 is 65.7. The lowest BCUT2D eigenvalue weighted by atomic mass is 9.97. The highest BCUT2D eigenvalue weighted by Crippen LogP contribution is 2.40.